The second kappa shape index (κ2) is 5.22. The molecule has 13 heavy (non-hydrogen) atoms. The van der Waals surface area contributed by atoms with E-state index in [9.17, 15) is 4.79 Å². The standard InChI is InChI=1S/C10H21NO2/c1-10(2,3)8(9(12)13)6-4-5-7-11/h8H,4-7,11H2,1-3H3,(H,12,13). The predicted octanol–water partition coefficient (Wildman–Crippen LogP) is 1.86. The Labute approximate surface area is 80.3 Å². The van der Waals surface area contributed by atoms with Crippen LogP contribution in [0.15, 0.2) is 0 Å². The molecule has 0 saturated heterocycles. The average Bonchev–Trinajstić information content (AvgIpc) is 1.94. The first-order valence-electron chi connectivity index (χ1n) is 4.82. The van der Waals surface area contributed by atoms with Crippen molar-refractivity contribution in [2.45, 2.75) is 40.0 Å². The molecule has 0 fully saturated rings. The fourth-order valence-electron chi connectivity index (χ4n) is 1.42. The zero-order valence-corrected chi connectivity index (χ0v) is 8.84. The van der Waals surface area contributed by atoms with Gasteiger partial charge in [-0.1, -0.05) is 27.2 Å². The fraction of sp³-hybridized carbons (Fsp3) is 0.900. The summed E-state index contributed by atoms with van der Waals surface area (Å²) < 4.78 is 0. The summed E-state index contributed by atoms with van der Waals surface area (Å²) in [5, 5.41) is 8.98. The van der Waals surface area contributed by atoms with E-state index in [0.29, 0.717) is 6.54 Å². The summed E-state index contributed by atoms with van der Waals surface area (Å²) >= 11 is 0. The summed E-state index contributed by atoms with van der Waals surface area (Å²) in [5.41, 5.74) is 5.20. The maximum atomic E-state index is 10.9. The number of unbranched alkanes of at least 4 members (excludes halogenated alkanes) is 1. The number of hydrogen-bond acceptors (Lipinski definition) is 2. The van der Waals surface area contributed by atoms with Gasteiger partial charge in [0.1, 0.15) is 0 Å². The average molecular weight is 187 g/mol. The van der Waals surface area contributed by atoms with Crippen LogP contribution in [-0.2, 0) is 4.79 Å². The van der Waals surface area contributed by atoms with Crippen molar-refractivity contribution in [1.29, 1.82) is 0 Å². The maximum absolute atomic E-state index is 10.9. The predicted molar refractivity (Wildman–Crippen MR) is 53.5 cm³/mol. The van der Waals surface area contributed by atoms with E-state index < -0.39 is 5.97 Å². The van der Waals surface area contributed by atoms with Gasteiger partial charge in [-0.25, -0.2) is 0 Å². The van der Waals surface area contributed by atoms with E-state index in [1.807, 2.05) is 20.8 Å². The molecule has 0 bridgehead atoms. The summed E-state index contributed by atoms with van der Waals surface area (Å²) in [7, 11) is 0. The first-order chi connectivity index (χ1) is 5.89. The molecule has 0 aliphatic rings. The van der Waals surface area contributed by atoms with Crippen LogP contribution in [0, 0.1) is 11.3 Å². The molecule has 1 atom stereocenters. The van der Waals surface area contributed by atoms with Crippen LogP contribution in [0.4, 0.5) is 0 Å². The van der Waals surface area contributed by atoms with Crippen molar-refractivity contribution in [3.63, 3.8) is 0 Å². The van der Waals surface area contributed by atoms with Crippen LogP contribution in [0.2, 0.25) is 0 Å². The second-order valence-electron chi connectivity index (χ2n) is 4.54. The highest BCUT2D eigenvalue weighted by Gasteiger charge is 2.30. The molecule has 0 aromatic carbocycles. The van der Waals surface area contributed by atoms with Gasteiger partial charge >= 0.3 is 5.97 Å². The molecule has 3 nitrogen and oxygen atoms in total. The Balaban J connectivity index is 4.04. The molecule has 0 aromatic rings. The minimum absolute atomic E-state index is 0.152. The lowest BCUT2D eigenvalue weighted by Gasteiger charge is -2.26. The molecule has 0 amide bonds. The Bertz CT molecular complexity index is 161. The maximum Gasteiger partial charge on any atom is 0.307 e. The summed E-state index contributed by atoms with van der Waals surface area (Å²) in [4.78, 5) is 10.9. The van der Waals surface area contributed by atoms with Gasteiger partial charge in [-0.3, -0.25) is 4.79 Å². The van der Waals surface area contributed by atoms with Crippen molar-refractivity contribution >= 4 is 5.97 Å². The number of carboxylic acids is 1. The zero-order chi connectivity index (χ0) is 10.5. The largest absolute Gasteiger partial charge is 0.481 e. The first-order valence-corrected chi connectivity index (χ1v) is 4.82. The third kappa shape index (κ3) is 4.88. The molecule has 78 valence electrons. The van der Waals surface area contributed by atoms with Crippen LogP contribution in [0.25, 0.3) is 0 Å². The third-order valence-corrected chi connectivity index (χ3v) is 2.29. The Morgan fingerprint density at radius 1 is 1.38 bits per heavy atom. The molecular weight excluding hydrogens is 166 g/mol. The molecule has 1 unspecified atom stereocenters. The SMILES string of the molecule is CC(C)(C)C(CCCCN)C(=O)O. The van der Waals surface area contributed by atoms with Crippen molar-refractivity contribution in [3.05, 3.63) is 0 Å². The van der Waals surface area contributed by atoms with E-state index >= 15 is 0 Å². The highest BCUT2D eigenvalue weighted by molar-refractivity contribution is 5.70. The molecule has 0 spiro atoms. The number of rotatable bonds is 5. The number of nitrogens with two attached hydrogens (primary N) is 1. The first kappa shape index (κ1) is 12.4. The normalized spacial score (nSPS) is 14.2. The molecule has 0 radical (unpaired) electrons. The van der Waals surface area contributed by atoms with Gasteiger partial charge in [-0.05, 0) is 24.8 Å². The van der Waals surface area contributed by atoms with Crippen molar-refractivity contribution in [1.82, 2.24) is 0 Å². The molecule has 0 saturated carbocycles. The topological polar surface area (TPSA) is 63.3 Å². The lowest BCUT2D eigenvalue weighted by atomic mass is 9.78. The van der Waals surface area contributed by atoms with E-state index in [1.165, 1.54) is 0 Å². The Morgan fingerprint density at radius 3 is 2.23 bits per heavy atom. The van der Waals surface area contributed by atoms with Crippen LogP contribution in [0.3, 0.4) is 0 Å². The van der Waals surface area contributed by atoms with Gasteiger partial charge in [0.25, 0.3) is 0 Å². The monoisotopic (exact) mass is 187 g/mol. The molecule has 0 aliphatic heterocycles. The lowest BCUT2D eigenvalue weighted by Crippen LogP contribution is -2.28. The minimum Gasteiger partial charge on any atom is -0.481 e. The molecule has 3 heteroatoms. The lowest BCUT2D eigenvalue weighted by molar-refractivity contribution is -0.145. The Kier molecular flexibility index (Phi) is 4.99. The Morgan fingerprint density at radius 2 is 1.92 bits per heavy atom. The molecule has 0 aliphatic carbocycles. The van der Waals surface area contributed by atoms with Crippen LogP contribution in [0.5, 0.6) is 0 Å². The van der Waals surface area contributed by atoms with Crippen molar-refractivity contribution in [2.24, 2.45) is 17.1 Å². The highest BCUT2D eigenvalue weighted by Crippen LogP contribution is 2.30. The number of aliphatic carboxylic acids is 1. The Hall–Kier alpha value is -0.570. The zero-order valence-electron chi connectivity index (χ0n) is 8.84. The smallest absolute Gasteiger partial charge is 0.307 e. The van der Waals surface area contributed by atoms with Gasteiger partial charge < -0.3 is 10.8 Å². The van der Waals surface area contributed by atoms with Crippen molar-refractivity contribution in [2.75, 3.05) is 6.54 Å². The molecule has 0 heterocycles. The van der Waals surface area contributed by atoms with Gasteiger partial charge in [0, 0.05) is 0 Å². The highest BCUT2D eigenvalue weighted by atomic mass is 16.4. The quantitative estimate of drug-likeness (QED) is 0.646. The van der Waals surface area contributed by atoms with E-state index in [1.54, 1.807) is 0 Å². The van der Waals surface area contributed by atoms with Crippen LogP contribution in [-0.4, -0.2) is 17.6 Å². The molecular formula is C10H21NO2. The van der Waals surface area contributed by atoms with Gasteiger partial charge in [-0.2, -0.15) is 0 Å². The van der Waals surface area contributed by atoms with Gasteiger partial charge in [0.2, 0.25) is 0 Å². The van der Waals surface area contributed by atoms with Crippen molar-refractivity contribution < 1.29 is 9.90 Å². The summed E-state index contributed by atoms with van der Waals surface area (Å²) in [6.45, 7) is 6.55. The van der Waals surface area contributed by atoms with E-state index in [0.717, 1.165) is 19.3 Å². The summed E-state index contributed by atoms with van der Waals surface area (Å²) in [6, 6.07) is 0. The van der Waals surface area contributed by atoms with E-state index in [4.69, 9.17) is 10.8 Å². The van der Waals surface area contributed by atoms with E-state index in [2.05, 4.69) is 0 Å². The molecule has 0 aromatic heterocycles. The third-order valence-electron chi connectivity index (χ3n) is 2.29. The molecule has 3 N–H and O–H groups in total. The molecule has 0 rings (SSSR count). The van der Waals surface area contributed by atoms with Crippen LogP contribution >= 0.6 is 0 Å². The van der Waals surface area contributed by atoms with Gasteiger partial charge in [0.15, 0.2) is 0 Å². The summed E-state index contributed by atoms with van der Waals surface area (Å²) in [6.07, 6.45) is 2.56. The van der Waals surface area contributed by atoms with Gasteiger partial charge in [-0.15, -0.1) is 0 Å². The van der Waals surface area contributed by atoms with Crippen LogP contribution < -0.4 is 5.73 Å². The summed E-state index contributed by atoms with van der Waals surface area (Å²) in [5.74, 6) is -0.941. The van der Waals surface area contributed by atoms with Crippen LogP contribution in [0.1, 0.15) is 40.0 Å². The second-order valence-corrected chi connectivity index (χ2v) is 4.54. The number of carbonyl (C=O) groups is 1. The fourth-order valence-corrected chi connectivity index (χ4v) is 1.42. The van der Waals surface area contributed by atoms with Crippen molar-refractivity contribution in [3.8, 4) is 0 Å². The van der Waals surface area contributed by atoms with E-state index in [-0.39, 0.29) is 11.3 Å². The number of hydrogen-bond donors (Lipinski definition) is 2. The van der Waals surface area contributed by atoms with Gasteiger partial charge in [0.05, 0.1) is 5.92 Å². The minimum atomic E-state index is -0.690. The number of carboxylic acid groups (broad SMARTS) is 1.